The highest BCUT2D eigenvalue weighted by Crippen LogP contribution is 2.26. The highest BCUT2D eigenvalue weighted by atomic mass is 19.1. The molecule has 0 bridgehead atoms. The van der Waals surface area contributed by atoms with E-state index in [2.05, 4.69) is 20.9 Å². The van der Waals surface area contributed by atoms with Crippen molar-refractivity contribution in [3.8, 4) is 11.1 Å². The number of halogens is 1. The van der Waals surface area contributed by atoms with Crippen molar-refractivity contribution in [1.82, 2.24) is 20.9 Å². The molecule has 4 N–H and O–H groups in total. The Bertz CT molecular complexity index is 1320. The first-order valence-corrected chi connectivity index (χ1v) is 13.3. The minimum Gasteiger partial charge on any atom is -0.444 e. The third-order valence-electron chi connectivity index (χ3n) is 5.73. The third-order valence-corrected chi connectivity index (χ3v) is 5.73. The van der Waals surface area contributed by atoms with Crippen LogP contribution >= 0.6 is 0 Å². The fourth-order valence-corrected chi connectivity index (χ4v) is 3.99. The van der Waals surface area contributed by atoms with Gasteiger partial charge in [0, 0.05) is 36.2 Å². The van der Waals surface area contributed by atoms with Gasteiger partial charge in [-0.25, -0.2) is 14.0 Å². The number of carbonyl (C=O) groups is 3. The van der Waals surface area contributed by atoms with E-state index in [1.54, 1.807) is 59.9 Å². The minimum atomic E-state index is -0.678. The summed E-state index contributed by atoms with van der Waals surface area (Å²) in [5.41, 5.74) is 1.63. The van der Waals surface area contributed by atoms with E-state index in [9.17, 15) is 18.8 Å². The van der Waals surface area contributed by atoms with E-state index >= 15 is 0 Å². The van der Waals surface area contributed by atoms with Crippen LogP contribution in [0.5, 0.6) is 0 Å². The Morgan fingerprint density at radius 1 is 0.875 bits per heavy atom. The van der Waals surface area contributed by atoms with Gasteiger partial charge in [-0.1, -0.05) is 18.2 Å². The monoisotopic (exact) mass is 554 g/mol. The number of hydrogen-bond acceptors (Lipinski definition) is 5. The Kier molecular flexibility index (Phi) is 9.78. The predicted molar refractivity (Wildman–Crippen MR) is 153 cm³/mol. The van der Waals surface area contributed by atoms with E-state index < -0.39 is 29.4 Å². The molecule has 1 atom stereocenters. The molecule has 1 aromatic heterocycles. The van der Waals surface area contributed by atoms with Crippen LogP contribution < -0.4 is 16.0 Å². The summed E-state index contributed by atoms with van der Waals surface area (Å²) in [4.78, 5) is 40.7. The van der Waals surface area contributed by atoms with Gasteiger partial charge in [0.25, 0.3) is 5.91 Å². The third kappa shape index (κ3) is 9.59. The first-order chi connectivity index (χ1) is 18.7. The number of fused-ring (bicyclic) bond motifs is 1. The van der Waals surface area contributed by atoms with Gasteiger partial charge in [-0.15, -0.1) is 0 Å². The lowest BCUT2D eigenvalue weighted by atomic mass is 10.0. The van der Waals surface area contributed by atoms with Crippen molar-refractivity contribution in [2.24, 2.45) is 0 Å². The van der Waals surface area contributed by atoms with Crippen molar-refractivity contribution in [3.05, 3.63) is 60.0 Å². The van der Waals surface area contributed by atoms with Gasteiger partial charge in [0.2, 0.25) is 0 Å². The number of aromatic nitrogens is 1. The highest BCUT2D eigenvalue weighted by molar-refractivity contribution is 6.07. The summed E-state index contributed by atoms with van der Waals surface area (Å²) in [5.74, 6) is -0.632. The largest absolute Gasteiger partial charge is 0.444 e. The summed E-state index contributed by atoms with van der Waals surface area (Å²) < 4.78 is 24.0. The van der Waals surface area contributed by atoms with Gasteiger partial charge >= 0.3 is 12.2 Å². The number of alkyl carbamates (subject to hydrolysis) is 2. The van der Waals surface area contributed by atoms with Crippen LogP contribution in [0.1, 0.15) is 64.7 Å². The molecule has 0 spiro atoms. The zero-order chi connectivity index (χ0) is 29.5. The standard InChI is InChI=1S/C30H39FN4O5/c1-29(2,3)39-27(37)32-15-7-8-22(35-28(38)40-30(4,5)6)17-34-26(36)24-18-33-25-14-11-20(16-23(24)25)19-9-12-21(31)13-10-19/h9-14,16,18,22,33H,7-8,15,17H2,1-6H3,(H,32,37)(H,34,36)(H,35,38)/t22-/m0/s1. The molecule has 1 heterocycles. The molecule has 40 heavy (non-hydrogen) atoms. The molecule has 0 fully saturated rings. The van der Waals surface area contributed by atoms with E-state index in [0.29, 0.717) is 24.9 Å². The first kappa shape index (κ1) is 30.5. The van der Waals surface area contributed by atoms with Gasteiger partial charge in [0.1, 0.15) is 17.0 Å². The second-order valence-corrected chi connectivity index (χ2v) is 11.6. The fourth-order valence-electron chi connectivity index (χ4n) is 3.99. The summed E-state index contributed by atoms with van der Waals surface area (Å²) in [7, 11) is 0. The number of nitrogens with one attached hydrogen (secondary N) is 4. The van der Waals surface area contributed by atoms with Crippen molar-refractivity contribution in [2.45, 2.75) is 71.6 Å². The van der Waals surface area contributed by atoms with Crippen LogP contribution in [0.4, 0.5) is 14.0 Å². The number of H-pyrrole nitrogens is 1. The molecule has 0 saturated heterocycles. The van der Waals surface area contributed by atoms with Crippen molar-refractivity contribution < 1.29 is 28.2 Å². The summed E-state index contributed by atoms with van der Waals surface area (Å²) in [6.07, 6.45) is 1.52. The summed E-state index contributed by atoms with van der Waals surface area (Å²) in [6, 6.07) is 11.4. The van der Waals surface area contributed by atoms with Gasteiger partial charge in [0.15, 0.2) is 0 Å². The van der Waals surface area contributed by atoms with E-state index in [1.165, 1.54) is 12.1 Å². The van der Waals surface area contributed by atoms with Gasteiger partial charge in [-0.05, 0) is 89.8 Å². The lowest BCUT2D eigenvalue weighted by Gasteiger charge is -2.24. The molecule has 3 rings (SSSR count). The molecule has 10 heteroatoms. The smallest absolute Gasteiger partial charge is 0.407 e. The molecule has 3 aromatic rings. The van der Waals surface area contributed by atoms with Crippen molar-refractivity contribution in [3.63, 3.8) is 0 Å². The summed E-state index contributed by atoms with van der Waals surface area (Å²) in [6.45, 7) is 11.1. The van der Waals surface area contributed by atoms with Crippen LogP contribution in [-0.4, -0.2) is 53.4 Å². The Morgan fingerprint density at radius 3 is 2.15 bits per heavy atom. The fraction of sp³-hybridized carbons (Fsp3) is 0.433. The van der Waals surface area contributed by atoms with E-state index in [4.69, 9.17) is 9.47 Å². The van der Waals surface area contributed by atoms with E-state index in [0.717, 1.165) is 22.0 Å². The molecule has 0 aliphatic heterocycles. The molecule has 0 aliphatic rings. The quantitative estimate of drug-likeness (QED) is 0.245. The maximum atomic E-state index is 13.4. The first-order valence-electron chi connectivity index (χ1n) is 13.3. The molecule has 216 valence electrons. The van der Waals surface area contributed by atoms with Gasteiger partial charge in [-0.2, -0.15) is 0 Å². The van der Waals surface area contributed by atoms with Gasteiger partial charge < -0.3 is 30.4 Å². The number of benzene rings is 2. The molecule has 3 amide bonds. The highest BCUT2D eigenvalue weighted by Gasteiger charge is 2.21. The second kappa shape index (κ2) is 12.8. The Labute approximate surface area is 234 Å². The Hall–Kier alpha value is -4.08. The average Bonchev–Trinajstić information content (AvgIpc) is 3.26. The number of carbonyl (C=O) groups excluding carboxylic acids is 3. The molecular formula is C30H39FN4O5. The van der Waals surface area contributed by atoms with Crippen molar-refractivity contribution in [1.29, 1.82) is 0 Å². The predicted octanol–water partition coefficient (Wildman–Crippen LogP) is 5.90. The molecule has 0 radical (unpaired) electrons. The second-order valence-electron chi connectivity index (χ2n) is 11.6. The molecule has 0 saturated carbocycles. The maximum absolute atomic E-state index is 13.4. The Morgan fingerprint density at radius 2 is 1.50 bits per heavy atom. The lowest BCUT2D eigenvalue weighted by molar-refractivity contribution is 0.0487. The number of amides is 3. The molecule has 0 aliphatic carbocycles. The zero-order valence-corrected chi connectivity index (χ0v) is 23.9. The average molecular weight is 555 g/mol. The van der Waals surface area contributed by atoms with E-state index in [-0.39, 0.29) is 18.3 Å². The molecule has 0 unspecified atom stereocenters. The van der Waals surface area contributed by atoms with Gasteiger partial charge in [-0.3, -0.25) is 4.79 Å². The molecule has 9 nitrogen and oxygen atoms in total. The van der Waals surface area contributed by atoms with E-state index in [1.807, 2.05) is 18.2 Å². The van der Waals surface area contributed by atoms with Crippen LogP contribution in [-0.2, 0) is 9.47 Å². The maximum Gasteiger partial charge on any atom is 0.407 e. The number of ether oxygens (including phenoxy) is 2. The van der Waals surface area contributed by atoms with Crippen LogP contribution in [0.15, 0.2) is 48.7 Å². The van der Waals surface area contributed by atoms with Crippen molar-refractivity contribution in [2.75, 3.05) is 13.1 Å². The topological polar surface area (TPSA) is 122 Å². The van der Waals surface area contributed by atoms with Gasteiger partial charge in [0.05, 0.1) is 5.56 Å². The molecular weight excluding hydrogens is 515 g/mol. The molecule has 2 aromatic carbocycles. The summed E-state index contributed by atoms with van der Waals surface area (Å²) in [5, 5.41) is 9.13. The lowest BCUT2D eigenvalue weighted by Crippen LogP contribution is -2.45. The Balaban J connectivity index is 1.66. The van der Waals surface area contributed by atoms with Crippen LogP contribution in [0.25, 0.3) is 22.0 Å². The SMILES string of the molecule is CC(C)(C)OC(=O)NCCC[C@@H](CNC(=O)c1c[nH]c2ccc(-c3ccc(F)cc3)cc12)NC(=O)OC(C)(C)C. The summed E-state index contributed by atoms with van der Waals surface area (Å²) >= 11 is 0. The van der Waals surface area contributed by atoms with Crippen LogP contribution in [0, 0.1) is 5.82 Å². The number of hydrogen-bond donors (Lipinski definition) is 4. The zero-order valence-electron chi connectivity index (χ0n) is 23.9. The normalized spacial score (nSPS) is 12.5. The number of aromatic amines is 1. The minimum absolute atomic E-state index is 0.148. The van der Waals surface area contributed by atoms with Crippen LogP contribution in [0.3, 0.4) is 0 Å². The number of rotatable bonds is 9. The van der Waals surface area contributed by atoms with Crippen molar-refractivity contribution >= 4 is 29.0 Å². The van der Waals surface area contributed by atoms with Crippen LogP contribution in [0.2, 0.25) is 0 Å².